The normalized spacial score (nSPS) is 23.7. The van der Waals surface area contributed by atoms with Gasteiger partial charge in [-0.1, -0.05) is 6.42 Å². The van der Waals surface area contributed by atoms with Crippen LogP contribution in [0.25, 0.3) is 0 Å². The number of hydrogen-bond donors (Lipinski definition) is 2. The Morgan fingerprint density at radius 2 is 2.15 bits per heavy atom. The molecule has 0 heterocycles. The molecule has 0 aromatic heterocycles. The molecule has 1 aromatic carbocycles. The summed E-state index contributed by atoms with van der Waals surface area (Å²) in [5.41, 5.74) is 5.27. The van der Waals surface area contributed by atoms with Crippen molar-refractivity contribution in [2.75, 3.05) is 12.0 Å². The molecule has 7 heteroatoms. The van der Waals surface area contributed by atoms with Gasteiger partial charge in [0, 0.05) is 11.3 Å². The third-order valence-electron chi connectivity index (χ3n) is 3.56. The van der Waals surface area contributed by atoms with Gasteiger partial charge in [0.1, 0.15) is 5.82 Å². The minimum absolute atomic E-state index is 0.0164. The van der Waals surface area contributed by atoms with Crippen LogP contribution >= 0.6 is 11.8 Å². The molecule has 4 nitrogen and oxygen atoms in total. The maximum absolute atomic E-state index is 13.1. The number of benzene rings is 1. The summed E-state index contributed by atoms with van der Waals surface area (Å²) in [7, 11) is -3.64. The molecule has 0 aliphatic heterocycles. The topological polar surface area (TPSA) is 72.2 Å². The first-order valence-corrected chi connectivity index (χ1v) is 9.29. The third kappa shape index (κ3) is 3.65. The van der Waals surface area contributed by atoms with E-state index in [9.17, 15) is 12.8 Å². The van der Waals surface area contributed by atoms with Gasteiger partial charge in [0.05, 0.1) is 10.6 Å². The molecule has 1 fully saturated rings. The molecule has 0 saturated heterocycles. The smallest absolute Gasteiger partial charge is 0.240 e. The number of rotatable bonds is 4. The number of sulfonamides is 1. The highest BCUT2D eigenvalue weighted by Gasteiger charge is 2.26. The lowest BCUT2D eigenvalue weighted by molar-refractivity contribution is 0.421. The van der Waals surface area contributed by atoms with Crippen molar-refractivity contribution in [3.8, 4) is 0 Å². The van der Waals surface area contributed by atoms with E-state index in [0.717, 1.165) is 37.8 Å². The Hall–Kier alpha value is -0.790. The van der Waals surface area contributed by atoms with Crippen LogP contribution in [0.2, 0.25) is 0 Å². The largest absolute Gasteiger partial charge is 0.396 e. The van der Waals surface area contributed by atoms with Gasteiger partial charge in [-0.25, -0.2) is 17.5 Å². The van der Waals surface area contributed by atoms with Crippen LogP contribution in [0.1, 0.15) is 25.7 Å². The second kappa shape index (κ2) is 6.32. The van der Waals surface area contributed by atoms with Crippen LogP contribution in [0.4, 0.5) is 10.1 Å². The van der Waals surface area contributed by atoms with Gasteiger partial charge in [-0.05, 0) is 43.7 Å². The first-order valence-electron chi connectivity index (χ1n) is 6.52. The minimum atomic E-state index is -3.64. The highest BCUT2D eigenvalue weighted by atomic mass is 32.2. The highest BCUT2D eigenvalue weighted by molar-refractivity contribution is 7.99. The van der Waals surface area contributed by atoms with E-state index in [0.29, 0.717) is 5.25 Å². The van der Waals surface area contributed by atoms with E-state index >= 15 is 0 Å². The summed E-state index contributed by atoms with van der Waals surface area (Å²) in [6, 6.07) is 3.42. The average Bonchev–Trinajstić information content (AvgIpc) is 2.41. The summed E-state index contributed by atoms with van der Waals surface area (Å²) in [5, 5.41) is 0.495. The van der Waals surface area contributed by atoms with Gasteiger partial charge in [-0.3, -0.25) is 0 Å². The molecular weight excluding hydrogens is 299 g/mol. The molecule has 0 bridgehead atoms. The van der Waals surface area contributed by atoms with Crippen molar-refractivity contribution in [2.24, 2.45) is 0 Å². The molecule has 1 aliphatic rings. The maximum Gasteiger partial charge on any atom is 0.240 e. The van der Waals surface area contributed by atoms with Gasteiger partial charge in [0.2, 0.25) is 10.0 Å². The van der Waals surface area contributed by atoms with Crippen molar-refractivity contribution in [1.29, 1.82) is 0 Å². The molecule has 20 heavy (non-hydrogen) atoms. The molecule has 2 unspecified atom stereocenters. The zero-order valence-corrected chi connectivity index (χ0v) is 12.9. The molecule has 0 spiro atoms. The Kier molecular flexibility index (Phi) is 4.93. The number of nitrogens with one attached hydrogen (secondary N) is 1. The first kappa shape index (κ1) is 15.6. The second-order valence-electron chi connectivity index (χ2n) is 5.03. The fourth-order valence-corrected chi connectivity index (χ4v) is 4.59. The fourth-order valence-electron chi connectivity index (χ4n) is 2.44. The third-order valence-corrected chi connectivity index (χ3v) is 6.17. The van der Waals surface area contributed by atoms with E-state index in [4.69, 9.17) is 5.73 Å². The van der Waals surface area contributed by atoms with Gasteiger partial charge in [-0.2, -0.15) is 11.8 Å². The van der Waals surface area contributed by atoms with Crippen molar-refractivity contribution >= 4 is 27.5 Å². The van der Waals surface area contributed by atoms with Crippen molar-refractivity contribution < 1.29 is 12.8 Å². The van der Waals surface area contributed by atoms with Crippen molar-refractivity contribution in [3.05, 3.63) is 24.0 Å². The van der Waals surface area contributed by atoms with Crippen LogP contribution in [0.5, 0.6) is 0 Å². The van der Waals surface area contributed by atoms with Crippen molar-refractivity contribution in [2.45, 2.75) is 41.9 Å². The summed E-state index contributed by atoms with van der Waals surface area (Å²) in [6.45, 7) is 0. The molecule has 1 aromatic rings. The van der Waals surface area contributed by atoms with Crippen molar-refractivity contribution in [1.82, 2.24) is 4.72 Å². The Balaban J connectivity index is 2.12. The van der Waals surface area contributed by atoms with E-state index < -0.39 is 15.8 Å². The molecule has 0 amide bonds. The van der Waals surface area contributed by atoms with Gasteiger partial charge >= 0.3 is 0 Å². The van der Waals surface area contributed by atoms with Crippen LogP contribution in [0, 0.1) is 5.82 Å². The summed E-state index contributed by atoms with van der Waals surface area (Å²) in [5.74, 6) is -0.607. The van der Waals surface area contributed by atoms with Crippen LogP contribution in [-0.2, 0) is 10.0 Å². The molecule has 1 saturated carbocycles. The van der Waals surface area contributed by atoms with E-state index in [1.165, 1.54) is 6.07 Å². The lowest BCUT2D eigenvalue weighted by atomic mass is 9.96. The molecular formula is C13H19FN2O2S2. The van der Waals surface area contributed by atoms with Gasteiger partial charge in [-0.15, -0.1) is 0 Å². The molecule has 3 N–H and O–H groups in total. The number of nitrogen functional groups attached to an aromatic ring is 1. The zero-order valence-electron chi connectivity index (χ0n) is 11.3. The van der Waals surface area contributed by atoms with Gasteiger partial charge in [0.25, 0.3) is 0 Å². The number of nitrogens with two attached hydrogens (primary N) is 1. The van der Waals surface area contributed by atoms with Crippen LogP contribution in [-0.4, -0.2) is 26.0 Å². The standard InChI is InChI=1S/C13H19FN2O2S2/c1-19-10-4-2-3-9(7-10)16-20(17,18)11-5-6-12(14)13(15)8-11/h5-6,8-10,16H,2-4,7,15H2,1H3. The Morgan fingerprint density at radius 3 is 2.80 bits per heavy atom. The second-order valence-corrected chi connectivity index (χ2v) is 7.88. The molecule has 1 aliphatic carbocycles. The molecule has 112 valence electrons. The summed E-state index contributed by atoms with van der Waals surface area (Å²) < 4.78 is 40.3. The van der Waals surface area contributed by atoms with E-state index in [1.807, 2.05) is 6.26 Å². The van der Waals surface area contributed by atoms with Gasteiger partial charge in [0.15, 0.2) is 0 Å². The number of thioether (sulfide) groups is 1. The minimum Gasteiger partial charge on any atom is -0.396 e. The lowest BCUT2D eigenvalue weighted by Gasteiger charge is -2.28. The zero-order chi connectivity index (χ0) is 14.8. The monoisotopic (exact) mass is 318 g/mol. The molecule has 2 atom stereocenters. The molecule has 0 radical (unpaired) electrons. The number of halogens is 1. The first-order chi connectivity index (χ1) is 9.42. The summed E-state index contributed by atoms with van der Waals surface area (Å²) in [4.78, 5) is 0.0164. The van der Waals surface area contributed by atoms with Crippen molar-refractivity contribution in [3.63, 3.8) is 0 Å². The van der Waals surface area contributed by atoms with Crippen LogP contribution < -0.4 is 10.5 Å². The number of hydrogen-bond acceptors (Lipinski definition) is 4. The lowest BCUT2D eigenvalue weighted by Crippen LogP contribution is -2.39. The number of anilines is 1. The van der Waals surface area contributed by atoms with Crippen LogP contribution in [0.15, 0.2) is 23.1 Å². The van der Waals surface area contributed by atoms with Gasteiger partial charge < -0.3 is 5.73 Å². The Bertz CT molecular complexity index is 578. The predicted molar refractivity (Wildman–Crippen MR) is 80.7 cm³/mol. The predicted octanol–water partition coefficient (Wildman–Crippen LogP) is 2.36. The Morgan fingerprint density at radius 1 is 1.40 bits per heavy atom. The van der Waals surface area contributed by atoms with Crippen LogP contribution in [0.3, 0.4) is 0 Å². The Labute approximate surface area is 123 Å². The average molecular weight is 318 g/mol. The maximum atomic E-state index is 13.1. The van der Waals surface area contributed by atoms with E-state index in [-0.39, 0.29) is 16.6 Å². The molecule has 2 rings (SSSR count). The summed E-state index contributed by atoms with van der Waals surface area (Å²) in [6.07, 6.45) is 5.86. The fraction of sp³-hybridized carbons (Fsp3) is 0.538. The van der Waals surface area contributed by atoms with E-state index in [2.05, 4.69) is 4.72 Å². The quantitative estimate of drug-likeness (QED) is 0.836. The van der Waals surface area contributed by atoms with E-state index in [1.54, 1.807) is 11.8 Å². The summed E-state index contributed by atoms with van der Waals surface area (Å²) >= 11 is 1.77. The SMILES string of the molecule is CSC1CCCC(NS(=O)(=O)c2ccc(F)c(N)c2)C1. The highest BCUT2D eigenvalue weighted by Crippen LogP contribution is 2.28.